The minimum absolute atomic E-state index is 0.0271. The highest BCUT2D eigenvalue weighted by Gasteiger charge is 2.03. The molecule has 0 saturated carbocycles. The number of rotatable bonds is 22. The van der Waals surface area contributed by atoms with E-state index in [1.165, 1.54) is 96.3 Å². The lowest BCUT2D eigenvalue weighted by atomic mass is 10.0. The van der Waals surface area contributed by atoms with Gasteiger partial charge in [-0.1, -0.05) is 130 Å². The van der Waals surface area contributed by atoms with E-state index in [1.54, 1.807) is 0 Å². The zero-order chi connectivity index (χ0) is 23.4. The Hall–Kier alpha value is -0.570. The normalized spacial score (nSPS) is 11.6. The first-order valence-corrected chi connectivity index (χ1v) is 14.0. The Balaban J connectivity index is 0. The second kappa shape index (κ2) is 29.4. The number of ether oxygens (including phenoxy) is 1. The third kappa shape index (κ3) is 31.7. The number of esters is 1. The van der Waals surface area contributed by atoms with Crippen LogP contribution in [0, 0.1) is 0 Å². The van der Waals surface area contributed by atoms with Gasteiger partial charge in [-0.2, -0.15) is 0 Å². The Kier molecular flexibility index (Phi) is 31.0. The molecule has 0 saturated heterocycles. The van der Waals surface area contributed by atoms with Crippen LogP contribution in [-0.4, -0.2) is 23.8 Å². The van der Waals surface area contributed by atoms with Crippen molar-refractivity contribution >= 4 is 5.97 Å². The van der Waals surface area contributed by atoms with Crippen molar-refractivity contribution < 1.29 is 14.6 Å². The maximum atomic E-state index is 10.7. The van der Waals surface area contributed by atoms with Crippen molar-refractivity contribution in [2.75, 3.05) is 6.61 Å². The Bertz CT molecular complexity index is 330. The van der Waals surface area contributed by atoms with Crippen LogP contribution in [0.3, 0.4) is 0 Å². The van der Waals surface area contributed by atoms with E-state index in [9.17, 15) is 9.90 Å². The first-order chi connectivity index (χ1) is 15.1. The first-order valence-electron chi connectivity index (χ1n) is 14.0. The summed E-state index contributed by atoms with van der Waals surface area (Å²) in [4.78, 5) is 10.7. The molecule has 0 rings (SSSR count). The number of hydrogen-bond donors (Lipinski definition) is 1. The zero-order valence-corrected chi connectivity index (χ0v) is 21.9. The summed E-state index contributed by atoms with van der Waals surface area (Å²) in [5, 5.41) is 9.95. The third-order valence-electron chi connectivity index (χ3n) is 5.82. The van der Waals surface area contributed by atoms with Crippen LogP contribution in [0.4, 0.5) is 0 Å². The Labute approximate surface area is 196 Å². The standard InChI is InChI=1S/C20H42O.C8H16O2/c1-3-5-7-9-11-12-13-15-17-19-20(21)18-16-14-10-8-6-4-2;1-3-5-6-7-8(9)10-4-2/h20-21H,3-19H2,1-2H3;3-7H2,1-2H3. The average molecular weight is 443 g/mol. The van der Waals surface area contributed by atoms with Gasteiger partial charge in [-0.25, -0.2) is 0 Å². The lowest BCUT2D eigenvalue weighted by molar-refractivity contribution is -0.143. The van der Waals surface area contributed by atoms with Gasteiger partial charge in [0.05, 0.1) is 12.7 Å². The molecule has 0 aromatic carbocycles. The summed E-state index contributed by atoms with van der Waals surface area (Å²) < 4.78 is 4.75. The minimum Gasteiger partial charge on any atom is -0.466 e. The quantitative estimate of drug-likeness (QED) is 0.134. The van der Waals surface area contributed by atoms with E-state index in [0.29, 0.717) is 13.0 Å². The summed E-state index contributed by atoms with van der Waals surface area (Å²) in [7, 11) is 0. The van der Waals surface area contributed by atoms with Crippen LogP contribution >= 0.6 is 0 Å². The average Bonchev–Trinajstić information content (AvgIpc) is 2.76. The van der Waals surface area contributed by atoms with Crippen molar-refractivity contribution in [2.24, 2.45) is 0 Å². The van der Waals surface area contributed by atoms with Crippen molar-refractivity contribution in [3.05, 3.63) is 0 Å². The molecule has 188 valence electrons. The number of hydrogen-bond acceptors (Lipinski definition) is 3. The van der Waals surface area contributed by atoms with Crippen LogP contribution in [0.15, 0.2) is 0 Å². The molecule has 0 fully saturated rings. The smallest absolute Gasteiger partial charge is 0.305 e. The molecule has 1 N–H and O–H groups in total. The fourth-order valence-corrected chi connectivity index (χ4v) is 3.75. The van der Waals surface area contributed by atoms with Gasteiger partial charge in [0.1, 0.15) is 0 Å². The van der Waals surface area contributed by atoms with Crippen molar-refractivity contribution in [3.63, 3.8) is 0 Å². The lowest BCUT2D eigenvalue weighted by Gasteiger charge is -2.10. The molecule has 31 heavy (non-hydrogen) atoms. The van der Waals surface area contributed by atoms with Crippen LogP contribution in [0.5, 0.6) is 0 Å². The molecule has 1 unspecified atom stereocenters. The monoisotopic (exact) mass is 442 g/mol. The Morgan fingerprint density at radius 1 is 0.581 bits per heavy atom. The van der Waals surface area contributed by atoms with Crippen molar-refractivity contribution in [1.82, 2.24) is 0 Å². The molecule has 0 radical (unpaired) electrons. The van der Waals surface area contributed by atoms with Crippen LogP contribution in [0.2, 0.25) is 0 Å². The second-order valence-electron chi connectivity index (χ2n) is 9.09. The van der Waals surface area contributed by atoms with Gasteiger partial charge >= 0.3 is 5.97 Å². The molecule has 0 aliphatic rings. The second-order valence-corrected chi connectivity index (χ2v) is 9.09. The fraction of sp³-hybridized carbons (Fsp3) is 0.964. The van der Waals surface area contributed by atoms with E-state index in [2.05, 4.69) is 20.8 Å². The molecular weight excluding hydrogens is 384 g/mol. The summed E-state index contributed by atoms with van der Waals surface area (Å²) in [5.74, 6) is -0.0593. The summed E-state index contributed by atoms with van der Waals surface area (Å²) in [6.07, 6.45) is 26.2. The predicted octanol–water partition coefficient (Wildman–Crippen LogP) is 9.15. The minimum atomic E-state index is -0.0593. The van der Waals surface area contributed by atoms with Gasteiger partial charge in [0.25, 0.3) is 0 Å². The van der Waals surface area contributed by atoms with E-state index in [1.807, 2.05) is 6.92 Å². The van der Waals surface area contributed by atoms with E-state index in [-0.39, 0.29) is 12.1 Å². The highest BCUT2D eigenvalue weighted by atomic mass is 16.5. The molecule has 0 aliphatic heterocycles. The molecule has 0 aliphatic carbocycles. The maximum Gasteiger partial charge on any atom is 0.305 e. The Morgan fingerprint density at radius 3 is 1.32 bits per heavy atom. The highest BCUT2D eigenvalue weighted by Crippen LogP contribution is 2.14. The van der Waals surface area contributed by atoms with Gasteiger partial charge in [-0.3, -0.25) is 4.79 Å². The van der Waals surface area contributed by atoms with E-state index in [4.69, 9.17) is 4.74 Å². The molecule has 0 spiro atoms. The number of carbonyl (C=O) groups is 1. The number of aliphatic hydroxyl groups excluding tert-OH is 1. The third-order valence-corrected chi connectivity index (χ3v) is 5.82. The van der Waals surface area contributed by atoms with E-state index in [0.717, 1.165) is 32.1 Å². The van der Waals surface area contributed by atoms with Gasteiger partial charge in [-0.15, -0.1) is 0 Å². The van der Waals surface area contributed by atoms with Crippen LogP contribution < -0.4 is 0 Å². The largest absolute Gasteiger partial charge is 0.466 e. The number of unbranched alkanes of at least 4 members (excludes halogenated alkanes) is 15. The molecule has 3 heteroatoms. The number of aliphatic hydroxyl groups is 1. The van der Waals surface area contributed by atoms with Crippen molar-refractivity contribution in [1.29, 1.82) is 0 Å². The van der Waals surface area contributed by atoms with Crippen molar-refractivity contribution in [2.45, 2.75) is 169 Å². The van der Waals surface area contributed by atoms with Gasteiger partial charge < -0.3 is 9.84 Å². The van der Waals surface area contributed by atoms with E-state index < -0.39 is 0 Å². The summed E-state index contributed by atoms with van der Waals surface area (Å²) in [6, 6.07) is 0. The molecule has 0 aromatic heterocycles. The first kappa shape index (κ1) is 32.6. The molecule has 0 heterocycles. The molecule has 0 amide bonds. The van der Waals surface area contributed by atoms with Crippen LogP contribution in [0.25, 0.3) is 0 Å². The van der Waals surface area contributed by atoms with Crippen LogP contribution in [-0.2, 0) is 9.53 Å². The molecule has 0 aromatic rings. The molecule has 0 bridgehead atoms. The lowest BCUT2D eigenvalue weighted by Crippen LogP contribution is -2.05. The zero-order valence-electron chi connectivity index (χ0n) is 21.9. The Morgan fingerprint density at radius 2 is 0.935 bits per heavy atom. The predicted molar refractivity (Wildman–Crippen MR) is 137 cm³/mol. The summed E-state index contributed by atoms with van der Waals surface area (Å²) in [6.45, 7) is 8.99. The van der Waals surface area contributed by atoms with Gasteiger partial charge in [0, 0.05) is 6.42 Å². The highest BCUT2D eigenvalue weighted by molar-refractivity contribution is 5.69. The van der Waals surface area contributed by atoms with Gasteiger partial charge in [-0.05, 0) is 26.2 Å². The fourth-order valence-electron chi connectivity index (χ4n) is 3.75. The maximum absolute atomic E-state index is 10.7. The molecule has 3 nitrogen and oxygen atoms in total. The molecular formula is C28H58O3. The summed E-state index contributed by atoms with van der Waals surface area (Å²) >= 11 is 0. The van der Waals surface area contributed by atoms with Crippen LogP contribution in [0.1, 0.15) is 163 Å². The summed E-state index contributed by atoms with van der Waals surface area (Å²) in [5.41, 5.74) is 0. The SMILES string of the molecule is CCCCCC(=O)OCC.CCCCCCCCCCCC(O)CCCCCCCC. The molecule has 1 atom stereocenters. The van der Waals surface area contributed by atoms with Gasteiger partial charge in [0.2, 0.25) is 0 Å². The van der Waals surface area contributed by atoms with E-state index >= 15 is 0 Å². The topological polar surface area (TPSA) is 46.5 Å². The van der Waals surface area contributed by atoms with Crippen molar-refractivity contribution in [3.8, 4) is 0 Å². The number of carbonyl (C=O) groups excluding carboxylic acids is 1. The van der Waals surface area contributed by atoms with Gasteiger partial charge in [0.15, 0.2) is 0 Å².